The Hall–Kier alpha value is -2.24. The molecule has 0 bridgehead atoms. The van der Waals surface area contributed by atoms with Crippen molar-refractivity contribution in [2.24, 2.45) is 5.92 Å². The highest BCUT2D eigenvalue weighted by atomic mass is 32.1. The van der Waals surface area contributed by atoms with Crippen molar-refractivity contribution in [3.8, 4) is 10.6 Å². The van der Waals surface area contributed by atoms with E-state index in [-0.39, 0.29) is 0 Å². The van der Waals surface area contributed by atoms with Gasteiger partial charge in [0, 0.05) is 36.6 Å². The molecule has 2 aliphatic heterocycles. The predicted molar refractivity (Wildman–Crippen MR) is 105 cm³/mol. The zero-order valence-corrected chi connectivity index (χ0v) is 15.3. The van der Waals surface area contributed by atoms with Crippen LogP contribution in [0.5, 0.6) is 0 Å². The van der Waals surface area contributed by atoms with E-state index in [4.69, 9.17) is 4.74 Å². The van der Waals surface area contributed by atoms with Crippen LogP contribution in [0.4, 0.5) is 5.13 Å². The summed E-state index contributed by atoms with van der Waals surface area (Å²) in [6, 6.07) is 21.7. The number of hydrogen-bond acceptors (Lipinski definition) is 5. The molecular weight excluding hydrogens is 342 g/mol. The predicted octanol–water partition coefficient (Wildman–Crippen LogP) is 4.21. The Morgan fingerprint density at radius 1 is 0.962 bits per heavy atom. The first-order valence-corrected chi connectivity index (χ1v) is 10.00. The molecule has 0 unspecified atom stereocenters. The van der Waals surface area contributed by atoms with Crippen molar-refractivity contribution in [2.75, 3.05) is 24.7 Å². The van der Waals surface area contributed by atoms with Crippen LogP contribution < -0.4 is 4.90 Å². The number of anilines is 1. The molecule has 0 amide bonds. The Kier molecular flexibility index (Phi) is 4.19. The minimum atomic E-state index is 0.491. The van der Waals surface area contributed by atoms with Crippen molar-refractivity contribution in [1.82, 2.24) is 10.2 Å². The highest BCUT2D eigenvalue weighted by Gasteiger charge is 2.45. The summed E-state index contributed by atoms with van der Waals surface area (Å²) in [7, 11) is 0. The van der Waals surface area contributed by atoms with Gasteiger partial charge in [0.1, 0.15) is 5.01 Å². The van der Waals surface area contributed by atoms with Crippen molar-refractivity contribution in [2.45, 2.75) is 18.4 Å². The van der Waals surface area contributed by atoms with E-state index < -0.39 is 0 Å². The van der Waals surface area contributed by atoms with Gasteiger partial charge in [0.05, 0.1) is 6.61 Å². The molecule has 0 spiro atoms. The number of rotatable bonds is 3. The van der Waals surface area contributed by atoms with E-state index in [0.29, 0.717) is 17.9 Å². The van der Waals surface area contributed by atoms with E-state index in [2.05, 4.69) is 57.6 Å². The third-order valence-corrected chi connectivity index (χ3v) is 6.59. The Morgan fingerprint density at radius 2 is 1.73 bits per heavy atom. The third-order valence-electron chi connectivity index (χ3n) is 5.58. The summed E-state index contributed by atoms with van der Waals surface area (Å²) in [6.07, 6.45) is 1.06. The van der Waals surface area contributed by atoms with E-state index in [1.54, 1.807) is 11.3 Å². The van der Waals surface area contributed by atoms with Crippen LogP contribution in [0.2, 0.25) is 0 Å². The summed E-state index contributed by atoms with van der Waals surface area (Å²) in [5.41, 5.74) is 2.54. The van der Waals surface area contributed by atoms with Crippen LogP contribution >= 0.6 is 11.3 Å². The number of hydrogen-bond donors (Lipinski definition) is 0. The first kappa shape index (κ1) is 16.0. The van der Waals surface area contributed by atoms with Gasteiger partial charge in [-0.1, -0.05) is 72.0 Å². The first-order valence-electron chi connectivity index (χ1n) is 9.18. The maximum absolute atomic E-state index is 5.83. The largest absolute Gasteiger partial charge is 0.381 e. The van der Waals surface area contributed by atoms with Crippen molar-refractivity contribution < 1.29 is 4.74 Å². The lowest BCUT2D eigenvalue weighted by Gasteiger charge is -2.32. The van der Waals surface area contributed by atoms with Crippen molar-refractivity contribution in [3.05, 3.63) is 66.2 Å². The molecule has 26 heavy (non-hydrogen) atoms. The molecule has 2 fully saturated rings. The quantitative estimate of drug-likeness (QED) is 0.698. The number of aromatic nitrogens is 2. The van der Waals surface area contributed by atoms with Gasteiger partial charge in [0.25, 0.3) is 0 Å². The summed E-state index contributed by atoms with van der Waals surface area (Å²) < 4.78 is 5.83. The van der Waals surface area contributed by atoms with Crippen LogP contribution in [-0.2, 0) is 4.74 Å². The Balaban J connectivity index is 1.46. The molecule has 0 aliphatic carbocycles. The van der Waals surface area contributed by atoms with Gasteiger partial charge in [-0.15, -0.1) is 10.2 Å². The van der Waals surface area contributed by atoms with E-state index in [0.717, 1.165) is 41.9 Å². The maximum Gasteiger partial charge on any atom is 0.208 e. The zero-order chi connectivity index (χ0) is 17.3. The summed E-state index contributed by atoms with van der Waals surface area (Å²) in [5.74, 6) is 1.01. The van der Waals surface area contributed by atoms with Gasteiger partial charge in [0.15, 0.2) is 0 Å². The number of nitrogens with zero attached hydrogens (tertiary/aromatic N) is 3. The summed E-state index contributed by atoms with van der Waals surface area (Å²) in [5, 5.41) is 11.0. The second-order valence-electron chi connectivity index (χ2n) is 7.02. The molecule has 0 saturated carbocycles. The smallest absolute Gasteiger partial charge is 0.208 e. The number of benzene rings is 2. The molecule has 2 saturated heterocycles. The lowest BCUT2D eigenvalue weighted by atomic mass is 9.84. The Bertz CT molecular complexity index is 867. The lowest BCUT2D eigenvalue weighted by Crippen LogP contribution is -2.38. The first-order chi connectivity index (χ1) is 12.9. The monoisotopic (exact) mass is 363 g/mol. The fraction of sp³-hybridized carbons (Fsp3) is 0.333. The third kappa shape index (κ3) is 2.81. The van der Waals surface area contributed by atoms with Gasteiger partial charge in [0.2, 0.25) is 5.13 Å². The summed E-state index contributed by atoms with van der Waals surface area (Å²) in [6.45, 7) is 2.67. The standard InChI is InChI=1S/C21H21N3OS/c1-3-7-15(8-4-1)17-13-24(19-11-12-25-14-18(17)19)21-23-22-20(26-21)16-9-5-2-6-10-16/h1-10,17-19H,11-14H2/t17-,18-,19-/m1/s1. The van der Waals surface area contributed by atoms with Crippen molar-refractivity contribution in [1.29, 1.82) is 0 Å². The SMILES string of the molecule is c1ccc(-c2nnc(N3C[C@H](c4ccccc4)[C@H]4COCC[C@H]43)s2)cc1. The van der Waals surface area contributed by atoms with Gasteiger partial charge < -0.3 is 9.64 Å². The van der Waals surface area contributed by atoms with Crippen LogP contribution in [0.1, 0.15) is 17.9 Å². The normalized spacial score (nSPS) is 25.2. The zero-order valence-electron chi connectivity index (χ0n) is 14.5. The molecule has 132 valence electrons. The van der Waals surface area contributed by atoms with Gasteiger partial charge >= 0.3 is 0 Å². The molecule has 5 rings (SSSR count). The molecule has 5 heteroatoms. The molecule has 4 nitrogen and oxygen atoms in total. The Morgan fingerprint density at radius 3 is 2.54 bits per heavy atom. The van der Waals surface area contributed by atoms with Gasteiger partial charge in [-0.05, 0) is 12.0 Å². The Labute approximate surface area is 157 Å². The van der Waals surface area contributed by atoms with Crippen LogP contribution in [0.25, 0.3) is 10.6 Å². The van der Waals surface area contributed by atoms with Gasteiger partial charge in [-0.3, -0.25) is 0 Å². The summed E-state index contributed by atoms with van der Waals surface area (Å²) in [4.78, 5) is 2.48. The molecular formula is C21H21N3OS. The molecule has 3 heterocycles. The topological polar surface area (TPSA) is 38.2 Å². The van der Waals surface area contributed by atoms with Gasteiger partial charge in [-0.25, -0.2) is 0 Å². The van der Waals surface area contributed by atoms with Crippen LogP contribution in [-0.4, -0.2) is 36.0 Å². The fourth-order valence-corrected chi connectivity index (χ4v) is 5.22. The minimum Gasteiger partial charge on any atom is -0.381 e. The fourth-order valence-electron chi connectivity index (χ4n) is 4.30. The molecule has 0 radical (unpaired) electrons. The molecule has 1 aromatic heterocycles. The average molecular weight is 363 g/mol. The lowest BCUT2D eigenvalue weighted by molar-refractivity contribution is 0.0462. The highest BCUT2D eigenvalue weighted by Crippen LogP contribution is 2.44. The van der Waals surface area contributed by atoms with Crippen molar-refractivity contribution in [3.63, 3.8) is 0 Å². The minimum absolute atomic E-state index is 0.491. The van der Waals surface area contributed by atoms with Crippen LogP contribution in [0.15, 0.2) is 60.7 Å². The highest BCUT2D eigenvalue weighted by molar-refractivity contribution is 7.18. The number of fused-ring (bicyclic) bond motifs is 1. The molecule has 3 aromatic rings. The van der Waals surface area contributed by atoms with E-state index in [1.807, 2.05) is 18.2 Å². The second kappa shape index (κ2) is 6.82. The molecule has 2 aromatic carbocycles. The summed E-state index contributed by atoms with van der Waals surface area (Å²) >= 11 is 1.70. The molecule has 0 N–H and O–H groups in total. The van der Waals surface area contributed by atoms with Crippen LogP contribution in [0, 0.1) is 5.92 Å². The van der Waals surface area contributed by atoms with Crippen molar-refractivity contribution >= 4 is 16.5 Å². The van der Waals surface area contributed by atoms with Crippen LogP contribution in [0.3, 0.4) is 0 Å². The van der Waals surface area contributed by atoms with Gasteiger partial charge in [-0.2, -0.15) is 0 Å². The molecule has 2 aliphatic rings. The van der Waals surface area contributed by atoms with E-state index in [9.17, 15) is 0 Å². The number of ether oxygens (including phenoxy) is 1. The average Bonchev–Trinajstić information content (AvgIpc) is 3.34. The van der Waals surface area contributed by atoms with E-state index >= 15 is 0 Å². The maximum atomic E-state index is 5.83. The second-order valence-corrected chi connectivity index (χ2v) is 7.98. The van der Waals surface area contributed by atoms with E-state index in [1.165, 1.54) is 5.56 Å². The molecule has 3 atom stereocenters.